The third-order valence-corrected chi connectivity index (χ3v) is 3.24. The van der Waals surface area contributed by atoms with Crippen molar-refractivity contribution >= 4 is 11.8 Å². The predicted octanol–water partition coefficient (Wildman–Crippen LogP) is -1.01. The second-order valence-corrected chi connectivity index (χ2v) is 4.28. The van der Waals surface area contributed by atoms with Gasteiger partial charge in [-0.2, -0.15) is 0 Å². The largest absolute Gasteiger partial charge is 0.381 e. The normalized spacial score (nSPS) is 18.5. The Bertz CT molecular complexity index is 275. The number of nitrogens with two attached hydrogens (primary N) is 1. The van der Waals surface area contributed by atoms with Crippen LogP contribution in [0.5, 0.6) is 0 Å². The molecule has 6 heteroatoms. The molecule has 1 aliphatic rings. The summed E-state index contributed by atoms with van der Waals surface area (Å²) in [6.07, 6.45) is 1.59. The third kappa shape index (κ3) is 3.67. The fraction of sp³-hybridized carbons (Fsp3) is 0.818. The molecule has 4 N–H and O–H groups in total. The number of carbonyl (C=O) groups excluding carboxylic acids is 2. The van der Waals surface area contributed by atoms with E-state index in [0.29, 0.717) is 45.6 Å². The first kappa shape index (κ1) is 13.9. The maximum Gasteiger partial charge on any atom is 0.227 e. The zero-order valence-corrected chi connectivity index (χ0v) is 10.3. The Balaban J connectivity index is 2.41. The molecule has 0 atom stereocenters. The molecule has 0 unspecified atom stereocenters. The molecule has 6 nitrogen and oxygen atoms in total. The third-order valence-electron chi connectivity index (χ3n) is 3.24. The van der Waals surface area contributed by atoms with Crippen LogP contribution in [0.15, 0.2) is 0 Å². The molecule has 0 bridgehead atoms. The summed E-state index contributed by atoms with van der Waals surface area (Å²) >= 11 is 0. The van der Waals surface area contributed by atoms with Crippen LogP contribution in [0, 0.1) is 5.41 Å². The molecule has 1 aliphatic heterocycles. The number of hydrogen-bond acceptors (Lipinski definition) is 4. The van der Waals surface area contributed by atoms with E-state index in [1.807, 2.05) is 0 Å². The molecule has 0 aliphatic carbocycles. The zero-order valence-electron chi connectivity index (χ0n) is 10.3. The Hall–Kier alpha value is -1.14. The van der Waals surface area contributed by atoms with E-state index in [2.05, 4.69) is 10.6 Å². The lowest BCUT2D eigenvalue weighted by Crippen LogP contribution is -2.49. The summed E-state index contributed by atoms with van der Waals surface area (Å²) in [5, 5.41) is 5.28. The summed E-state index contributed by atoms with van der Waals surface area (Å²) in [5.74, 6) is -0.147. The zero-order chi connectivity index (χ0) is 12.7. The second kappa shape index (κ2) is 6.56. The van der Waals surface area contributed by atoms with Gasteiger partial charge in [-0.05, 0) is 12.8 Å². The molecule has 0 aromatic heterocycles. The second-order valence-electron chi connectivity index (χ2n) is 4.28. The molecular formula is C11H21N3O3. The van der Waals surface area contributed by atoms with Crippen molar-refractivity contribution in [3.8, 4) is 0 Å². The van der Waals surface area contributed by atoms with Crippen molar-refractivity contribution in [2.75, 3.05) is 33.4 Å². The molecule has 0 aromatic rings. The molecule has 1 heterocycles. The number of rotatable bonds is 5. The molecular weight excluding hydrogens is 222 g/mol. The highest BCUT2D eigenvalue weighted by atomic mass is 16.5. The van der Waals surface area contributed by atoms with E-state index in [4.69, 9.17) is 10.5 Å². The smallest absolute Gasteiger partial charge is 0.227 e. The van der Waals surface area contributed by atoms with Crippen LogP contribution in [0.25, 0.3) is 0 Å². The van der Waals surface area contributed by atoms with Gasteiger partial charge in [0.05, 0.1) is 5.41 Å². The SMILES string of the molecule is CNC(=O)CCNC(=O)C1(CN)CCOCC1. The molecule has 0 aromatic carbocycles. The van der Waals surface area contributed by atoms with Crippen molar-refractivity contribution in [3.63, 3.8) is 0 Å². The van der Waals surface area contributed by atoms with Crippen molar-refractivity contribution in [1.82, 2.24) is 10.6 Å². The Morgan fingerprint density at radius 1 is 1.35 bits per heavy atom. The summed E-state index contributed by atoms with van der Waals surface area (Å²) in [6.45, 7) is 1.81. The van der Waals surface area contributed by atoms with E-state index in [1.165, 1.54) is 0 Å². The van der Waals surface area contributed by atoms with Crippen LogP contribution in [0.4, 0.5) is 0 Å². The van der Waals surface area contributed by atoms with E-state index < -0.39 is 5.41 Å². The van der Waals surface area contributed by atoms with E-state index >= 15 is 0 Å². The lowest BCUT2D eigenvalue weighted by Gasteiger charge is -2.34. The summed E-state index contributed by atoms with van der Waals surface area (Å²) in [7, 11) is 1.57. The van der Waals surface area contributed by atoms with Crippen LogP contribution < -0.4 is 16.4 Å². The molecule has 0 saturated carbocycles. The van der Waals surface area contributed by atoms with E-state index in [1.54, 1.807) is 7.05 Å². The quantitative estimate of drug-likeness (QED) is 0.577. The van der Waals surface area contributed by atoms with Gasteiger partial charge in [0, 0.05) is 39.8 Å². The lowest BCUT2D eigenvalue weighted by molar-refractivity contribution is -0.136. The molecule has 1 saturated heterocycles. The van der Waals surface area contributed by atoms with Crippen LogP contribution in [0.3, 0.4) is 0 Å². The van der Waals surface area contributed by atoms with Crippen LogP contribution in [-0.2, 0) is 14.3 Å². The Kier molecular flexibility index (Phi) is 5.37. The van der Waals surface area contributed by atoms with Crippen LogP contribution in [-0.4, -0.2) is 45.2 Å². The minimum absolute atomic E-state index is 0.0628. The van der Waals surface area contributed by atoms with Gasteiger partial charge in [-0.25, -0.2) is 0 Å². The number of ether oxygens (including phenoxy) is 1. The Morgan fingerprint density at radius 2 is 2.00 bits per heavy atom. The van der Waals surface area contributed by atoms with E-state index in [9.17, 15) is 9.59 Å². The molecule has 1 fully saturated rings. The molecule has 1 rings (SSSR count). The number of amides is 2. The highest BCUT2D eigenvalue weighted by Crippen LogP contribution is 2.29. The van der Waals surface area contributed by atoms with Crippen molar-refractivity contribution in [3.05, 3.63) is 0 Å². The van der Waals surface area contributed by atoms with Gasteiger partial charge in [-0.3, -0.25) is 9.59 Å². The maximum absolute atomic E-state index is 12.0. The van der Waals surface area contributed by atoms with Gasteiger partial charge >= 0.3 is 0 Å². The van der Waals surface area contributed by atoms with Crippen molar-refractivity contribution in [2.45, 2.75) is 19.3 Å². The van der Waals surface area contributed by atoms with Crippen molar-refractivity contribution < 1.29 is 14.3 Å². The number of nitrogens with one attached hydrogen (secondary N) is 2. The molecule has 0 radical (unpaired) electrons. The van der Waals surface area contributed by atoms with Gasteiger partial charge in [0.1, 0.15) is 0 Å². The van der Waals surface area contributed by atoms with Gasteiger partial charge in [0.2, 0.25) is 11.8 Å². The van der Waals surface area contributed by atoms with Crippen molar-refractivity contribution in [1.29, 1.82) is 0 Å². The van der Waals surface area contributed by atoms with Crippen LogP contribution in [0.1, 0.15) is 19.3 Å². The van der Waals surface area contributed by atoms with Gasteiger partial charge < -0.3 is 21.1 Å². The predicted molar refractivity (Wildman–Crippen MR) is 63.2 cm³/mol. The average molecular weight is 243 g/mol. The monoisotopic (exact) mass is 243 g/mol. The highest BCUT2D eigenvalue weighted by molar-refractivity contribution is 5.83. The minimum atomic E-state index is -0.513. The van der Waals surface area contributed by atoms with Crippen LogP contribution in [0.2, 0.25) is 0 Å². The Labute approximate surface area is 101 Å². The van der Waals surface area contributed by atoms with Crippen LogP contribution >= 0.6 is 0 Å². The summed E-state index contributed by atoms with van der Waals surface area (Å²) in [5.41, 5.74) is 5.19. The molecule has 2 amide bonds. The molecule has 17 heavy (non-hydrogen) atoms. The standard InChI is InChI=1S/C11H21N3O3/c1-13-9(15)2-5-14-10(16)11(8-12)3-6-17-7-4-11/h2-8,12H2,1H3,(H,13,15)(H,14,16). The lowest BCUT2D eigenvalue weighted by atomic mass is 9.79. The summed E-state index contributed by atoms with van der Waals surface area (Å²) in [6, 6.07) is 0. The fourth-order valence-corrected chi connectivity index (χ4v) is 1.89. The van der Waals surface area contributed by atoms with Gasteiger partial charge in [0.25, 0.3) is 0 Å². The topological polar surface area (TPSA) is 93.5 Å². The number of hydrogen-bond donors (Lipinski definition) is 3. The highest BCUT2D eigenvalue weighted by Gasteiger charge is 2.38. The van der Waals surface area contributed by atoms with Gasteiger partial charge in [-0.1, -0.05) is 0 Å². The minimum Gasteiger partial charge on any atom is -0.381 e. The van der Waals surface area contributed by atoms with Gasteiger partial charge in [0.15, 0.2) is 0 Å². The first-order chi connectivity index (χ1) is 8.14. The Morgan fingerprint density at radius 3 is 2.53 bits per heavy atom. The molecule has 0 spiro atoms. The first-order valence-corrected chi connectivity index (χ1v) is 5.91. The first-order valence-electron chi connectivity index (χ1n) is 5.91. The maximum atomic E-state index is 12.0. The van der Waals surface area contributed by atoms with E-state index in [0.717, 1.165) is 0 Å². The number of carbonyl (C=O) groups is 2. The summed E-state index contributed by atoms with van der Waals surface area (Å²) in [4.78, 5) is 23.1. The fourth-order valence-electron chi connectivity index (χ4n) is 1.89. The van der Waals surface area contributed by atoms with E-state index in [-0.39, 0.29) is 11.8 Å². The average Bonchev–Trinajstić information content (AvgIpc) is 2.39. The van der Waals surface area contributed by atoms with Gasteiger partial charge in [-0.15, -0.1) is 0 Å². The van der Waals surface area contributed by atoms with Crippen molar-refractivity contribution in [2.24, 2.45) is 11.1 Å². The molecule has 98 valence electrons. The summed E-state index contributed by atoms with van der Waals surface area (Å²) < 4.78 is 5.24.